The minimum absolute atomic E-state index is 0.0429. The molecule has 1 aromatic rings. The largest absolute Gasteiger partial charge is 0.497 e. The van der Waals surface area contributed by atoms with Gasteiger partial charge in [-0.1, -0.05) is 18.2 Å². The fourth-order valence-corrected chi connectivity index (χ4v) is 2.62. The Kier molecular flexibility index (Phi) is 3.24. The van der Waals surface area contributed by atoms with E-state index >= 15 is 0 Å². The predicted octanol–water partition coefficient (Wildman–Crippen LogP) is 2.26. The monoisotopic (exact) mass is 245 g/mol. The van der Waals surface area contributed by atoms with Gasteiger partial charge in [-0.25, -0.2) is 0 Å². The Morgan fingerprint density at radius 1 is 1.22 bits per heavy atom. The summed E-state index contributed by atoms with van der Waals surface area (Å²) in [6.07, 6.45) is 5.28. The summed E-state index contributed by atoms with van der Waals surface area (Å²) < 4.78 is 11.4. The zero-order valence-electron chi connectivity index (χ0n) is 10.5. The second kappa shape index (κ2) is 5.02. The van der Waals surface area contributed by atoms with Crippen LogP contribution in [-0.2, 0) is 11.2 Å². The minimum Gasteiger partial charge on any atom is -0.497 e. The van der Waals surface area contributed by atoms with Crippen LogP contribution in [0.4, 0.5) is 0 Å². The van der Waals surface area contributed by atoms with Gasteiger partial charge in [0, 0.05) is 5.92 Å². The Hall–Kier alpha value is -1.48. The summed E-state index contributed by atoms with van der Waals surface area (Å²) in [7, 11) is 0. The van der Waals surface area contributed by atoms with Gasteiger partial charge in [0.15, 0.2) is 0 Å². The third-order valence-corrected chi connectivity index (χ3v) is 3.71. The number of hydrogen-bond acceptors (Lipinski definition) is 3. The molecule has 1 aromatic carbocycles. The molecule has 0 aliphatic carbocycles. The van der Waals surface area contributed by atoms with Crippen molar-refractivity contribution in [2.45, 2.75) is 25.3 Å². The minimum atomic E-state index is -0.0429. The molecular weight excluding hydrogens is 226 g/mol. The van der Waals surface area contributed by atoms with Crippen LogP contribution in [0.5, 0.6) is 5.75 Å². The van der Waals surface area contributed by atoms with Crippen LogP contribution in [0, 0.1) is 5.92 Å². The molecule has 3 nitrogen and oxygen atoms in total. The zero-order valence-corrected chi connectivity index (χ0v) is 10.5. The molecule has 3 heteroatoms. The summed E-state index contributed by atoms with van der Waals surface area (Å²) >= 11 is 0. The smallest absolute Gasteiger partial charge is 0.122 e. The Labute approximate surface area is 108 Å². The Morgan fingerprint density at radius 2 is 2.11 bits per heavy atom. The highest BCUT2D eigenvalue weighted by Crippen LogP contribution is 2.30. The SMILES string of the molecule is NC(C1=CCCCO1)C1COc2ccccc2C1. The summed E-state index contributed by atoms with van der Waals surface area (Å²) in [5.74, 6) is 2.26. The highest BCUT2D eigenvalue weighted by molar-refractivity contribution is 5.35. The first-order valence-corrected chi connectivity index (χ1v) is 6.64. The first-order valence-electron chi connectivity index (χ1n) is 6.64. The van der Waals surface area contributed by atoms with Gasteiger partial charge in [-0.15, -0.1) is 0 Å². The Morgan fingerprint density at radius 3 is 2.94 bits per heavy atom. The van der Waals surface area contributed by atoms with Crippen molar-refractivity contribution < 1.29 is 9.47 Å². The van der Waals surface area contributed by atoms with Gasteiger partial charge in [-0.2, -0.15) is 0 Å². The second-order valence-electron chi connectivity index (χ2n) is 5.01. The normalized spacial score (nSPS) is 24.3. The first-order chi connectivity index (χ1) is 8.84. The van der Waals surface area contributed by atoms with E-state index in [9.17, 15) is 0 Å². The van der Waals surface area contributed by atoms with Crippen LogP contribution in [0.2, 0.25) is 0 Å². The molecule has 2 atom stereocenters. The van der Waals surface area contributed by atoms with Crippen LogP contribution in [0.15, 0.2) is 36.1 Å². The van der Waals surface area contributed by atoms with Crippen LogP contribution in [0.3, 0.4) is 0 Å². The van der Waals surface area contributed by atoms with Crippen molar-refractivity contribution in [2.24, 2.45) is 11.7 Å². The van der Waals surface area contributed by atoms with E-state index < -0.39 is 0 Å². The van der Waals surface area contributed by atoms with Crippen molar-refractivity contribution in [1.29, 1.82) is 0 Å². The quantitative estimate of drug-likeness (QED) is 0.869. The molecule has 0 saturated heterocycles. The van der Waals surface area contributed by atoms with Gasteiger partial charge in [0.05, 0.1) is 19.3 Å². The first kappa shape index (κ1) is 11.6. The number of para-hydroxylation sites is 1. The number of hydrogen-bond donors (Lipinski definition) is 1. The molecule has 18 heavy (non-hydrogen) atoms. The molecule has 2 aliphatic heterocycles. The average Bonchev–Trinajstić information content (AvgIpc) is 2.47. The van der Waals surface area contributed by atoms with Gasteiger partial charge in [0.25, 0.3) is 0 Å². The molecule has 3 rings (SSSR count). The van der Waals surface area contributed by atoms with Gasteiger partial charge in [0.2, 0.25) is 0 Å². The van der Waals surface area contributed by atoms with E-state index in [0.29, 0.717) is 12.5 Å². The van der Waals surface area contributed by atoms with Crippen LogP contribution >= 0.6 is 0 Å². The Bertz CT molecular complexity index is 456. The second-order valence-corrected chi connectivity index (χ2v) is 5.01. The van der Waals surface area contributed by atoms with Crippen LogP contribution in [-0.4, -0.2) is 19.3 Å². The third kappa shape index (κ3) is 2.23. The lowest BCUT2D eigenvalue weighted by Crippen LogP contribution is -2.40. The number of ether oxygens (including phenoxy) is 2. The summed E-state index contributed by atoms with van der Waals surface area (Å²) in [5, 5.41) is 0. The summed E-state index contributed by atoms with van der Waals surface area (Å²) in [6, 6.07) is 8.15. The molecule has 2 N–H and O–H groups in total. The molecular formula is C15H19NO2. The van der Waals surface area contributed by atoms with Crippen molar-refractivity contribution in [2.75, 3.05) is 13.2 Å². The van der Waals surface area contributed by atoms with Crippen molar-refractivity contribution in [3.05, 3.63) is 41.7 Å². The fraction of sp³-hybridized carbons (Fsp3) is 0.467. The van der Waals surface area contributed by atoms with E-state index in [2.05, 4.69) is 12.1 Å². The van der Waals surface area contributed by atoms with Crippen molar-refractivity contribution in [3.8, 4) is 5.75 Å². The maximum atomic E-state index is 6.31. The van der Waals surface area contributed by atoms with Gasteiger partial charge < -0.3 is 15.2 Å². The van der Waals surface area contributed by atoms with Gasteiger partial charge in [-0.3, -0.25) is 0 Å². The van der Waals surface area contributed by atoms with Crippen molar-refractivity contribution in [3.63, 3.8) is 0 Å². The molecule has 2 aliphatic rings. The standard InChI is InChI=1S/C15H19NO2/c16-15(14-7-3-4-8-17-14)12-9-11-5-1-2-6-13(11)18-10-12/h1-2,5-7,12,15H,3-4,8-10,16H2. The number of benzene rings is 1. The van der Waals surface area contributed by atoms with E-state index in [-0.39, 0.29) is 6.04 Å². The average molecular weight is 245 g/mol. The summed E-state index contributed by atoms with van der Waals surface area (Å²) in [5.41, 5.74) is 7.56. The van der Waals surface area contributed by atoms with Gasteiger partial charge in [0.1, 0.15) is 11.5 Å². The number of allylic oxidation sites excluding steroid dienone is 1. The van der Waals surface area contributed by atoms with Crippen molar-refractivity contribution in [1.82, 2.24) is 0 Å². The van der Waals surface area contributed by atoms with E-state index in [1.807, 2.05) is 18.2 Å². The maximum absolute atomic E-state index is 6.31. The summed E-state index contributed by atoms with van der Waals surface area (Å²) in [4.78, 5) is 0. The molecule has 0 saturated carbocycles. The van der Waals surface area contributed by atoms with Crippen LogP contribution < -0.4 is 10.5 Å². The lowest BCUT2D eigenvalue weighted by Gasteiger charge is -2.31. The van der Waals surface area contributed by atoms with Gasteiger partial charge in [-0.05, 0) is 37.0 Å². The molecule has 0 amide bonds. The molecule has 0 radical (unpaired) electrons. The van der Waals surface area contributed by atoms with Crippen LogP contribution in [0.25, 0.3) is 0 Å². The zero-order chi connectivity index (χ0) is 12.4. The number of nitrogens with two attached hydrogens (primary N) is 1. The molecule has 2 heterocycles. The molecule has 96 valence electrons. The highest BCUT2D eigenvalue weighted by Gasteiger charge is 2.28. The van der Waals surface area contributed by atoms with E-state index in [1.54, 1.807) is 0 Å². The highest BCUT2D eigenvalue weighted by atomic mass is 16.5. The third-order valence-electron chi connectivity index (χ3n) is 3.71. The molecule has 0 aromatic heterocycles. The molecule has 0 spiro atoms. The molecule has 0 fully saturated rings. The van der Waals surface area contributed by atoms with E-state index in [4.69, 9.17) is 15.2 Å². The topological polar surface area (TPSA) is 44.5 Å². The fourth-order valence-electron chi connectivity index (χ4n) is 2.62. The predicted molar refractivity (Wildman–Crippen MR) is 70.4 cm³/mol. The molecule has 0 bridgehead atoms. The van der Waals surface area contributed by atoms with Crippen LogP contribution in [0.1, 0.15) is 18.4 Å². The van der Waals surface area contributed by atoms with Gasteiger partial charge >= 0.3 is 0 Å². The number of fused-ring (bicyclic) bond motifs is 1. The van der Waals surface area contributed by atoms with E-state index in [0.717, 1.165) is 37.4 Å². The Balaban J connectivity index is 1.73. The maximum Gasteiger partial charge on any atom is 0.122 e. The number of rotatable bonds is 2. The lowest BCUT2D eigenvalue weighted by atomic mass is 9.89. The summed E-state index contributed by atoms with van der Waals surface area (Å²) in [6.45, 7) is 1.47. The van der Waals surface area contributed by atoms with E-state index in [1.165, 1.54) is 5.56 Å². The lowest BCUT2D eigenvalue weighted by molar-refractivity contribution is 0.137. The van der Waals surface area contributed by atoms with Crippen molar-refractivity contribution >= 4 is 0 Å². The molecule has 2 unspecified atom stereocenters.